The van der Waals surface area contributed by atoms with E-state index in [0.717, 1.165) is 5.69 Å². The minimum atomic E-state index is 0. The predicted molar refractivity (Wildman–Crippen MR) is 124 cm³/mol. The van der Waals surface area contributed by atoms with Crippen molar-refractivity contribution < 1.29 is 14.3 Å². The number of nitrogens with zero attached hydrogens (tertiary/aromatic N) is 1. The minimum Gasteiger partial charge on any atom is -0.493 e. The Morgan fingerprint density at radius 3 is 2.54 bits per heavy atom. The molecule has 0 heterocycles. The number of hydrogen-bond acceptors (Lipinski definition) is 4. The van der Waals surface area contributed by atoms with Gasteiger partial charge in [0.25, 0.3) is 0 Å². The third-order valence-corrected chi connectivity index (χ3v) is 4.64. The molecule has 8 heteroatoms. The molecule has 0 bridgehead atoms. The van der Waals surface area contributed by atoms with E-state index in [4.69, 9.17) is 9.47 Å². The van der Waals surface area contributed by atoms with Crippen LogP contribution in [0.5, 0.6) is 11.5 Å². The average molecular weight is 504 g/mol. The van der Waals surface area contributed by atoms with E-state index in [1.165, 1.54) is 25.7 Å². The predicted octanol–water partition coefficient (Wildman–Crippen LogP) is 3.40. The summed E-state index contributed by atoms with van der Waals surface area (Å²) < 4.78 is 10.9. The number of halogens is 1. The summed E-state index contributed by atoms with van der Waals surface area (Å²) in [5.41, 5.74) is 0.845. The molecular formula is C20H33IN4O3. The Kier molecular flexibility index (Phi) is 11.7. The van der Waals surface area contributed by atoms with Crippen molar-refractivity contribution in [1.82, 2.24) is 10.6 Å². The second-order valence-corrected chi connectivity index (χ2v) is 6.63. The number of hydrogen-bond donors (Lipinski definition) is 3. The maximum Gasteiger partial charge on any atom is 0.220 e. The average Bonchev–Trinajstić information content (AvgIpc) is 3.17. The Balaban J connectivity index is 0.00000392. The van der Waals surface area contributed by atoms with Gasteiger partial charge in [-0.2, -0.15) is 0 Å². The van der Waals surface area contributed by atoms with E-state index >= 15 is 0 Å². The van der Waals surface area contributed by atoms with Crippen molar-refractivity contribution in [3.05, 3.63) is 18.2 Å². The van der Waals surface area contributed by atoms with Gasteiger partial charge >= 0.3 is 0 Å². The number of methoxy groups -OCH3 is 1. The van der Waals surface area contributed by atoms with Crippen LogP contribution in [-0.2, 0) is 4.79 Å². The van der Waals surface area contributed by atoms with Gasteiger partial charge in [0.2, 0.25) is 5.91 Å². The van der Waals surface area contributed by atoms with Crippen molar-refractivity contribution in [3.63, 3.8) is 0 Å². The summed E-state index contributed by atoms with van der Waals surface area (Å²) in [6.07, 6.45) is 5.55. The number of nitrogens with one attached hydrogen (secondary N) is 3. The largest absolute Gasteiger partial charge is 0.493 e. The van der Waals surface area contributed by atoms with Crippen molar-refractivity contribution in [2.24, 2.45) is 10.9 Å². The lowest BCUT2D eigenvalue weighted by molar-refractivity contribution is -0.121. The van der Waals surface area contributed by atoms with Gasteiger partial charge in [-0.1, -0.05) is 12.8 Å². The number of anilines is 1. The standard InChI is InChI=1S/C20H32N4O3.HI/c1-4-27-18-14-16(9-10-17(18)26-3)24-20(21-2)23-12-11-22-19(25)13-15-7-5-6-8-15;/h9-10,14-15H,4-8,11-13H2,1-3H3,(H,22,25)(H2,21,23,24);1H. The Morgan fingerprint density at radius 1 is 1.18 bits per heavy atom. The molecule has 0 saturated heterocycles. The summed E-state index contributed by atoms with van der Waals surface area (Å²) in [4.78, 5) is 16.2. The summed E-state index contributed by atoms with van der Waals surface area (Å²) in [5, 5.41) is 9.39. The van der Waals surface area contributed by atoms with Gasteiger partial charge < -0.3 is 25.4 Å². The lowest BCUT2D eigenvalue weighted by Gasteiger charge is -2.15. The lowest BCUT2D eigenvalue weighted by Crippen LogP contribution is -2.38. The highest BCUT2D eigenvalue weighted by molar-refractivity contribution is 14.0. The van der Waals surface area contributed by atoms with Gasteiger partial charge in [0, 0.05) is 38.3 Å². The van der Waals surface area contributed by atoms with Crippen molar-refractivity contribution in [1.29, 1.82) is 0 Å². The number of guanidine groups is 1. The molecule has 0 unspecified atom stereocenters. The first-order chi connectivity index (χ1) is 13.2. The molecule has 1 fully saturated rings. The Labute approximate surface area is 185 Å². The van der Waals surface area contributed by atoms with E-state index < -0.39 is 0 Å². The summed E-state index contributed by atoms with van der Waals surface area (Å²) >= 11 is 0. The molecule has 3 N–H and O–H groups in total. The first kappa shape index (κ1) is 24.3. The zero-order chi connectivity index (χ0) is 19.5. The third kappa shape index (κ3) is 8.12. The fraction of sp³-hybridized carbons (Fsp3) is 0.600. The number of aliphatic imine (C=N–C) groups is 1. The molecule has 158 valence electrons. The lowest BCUT2D eigenvalue weighted by atomic mass is 10.0. The highest BCUT2D eigenvalue weighted by atomic mass is 127. The van der Waals surface area contributed by atoms with E-state index in [-0.39, 0.29) is 29.9 Å². The molecule has 0 atom stereocenters. The van der Waals surface area contributed by atoms with Gasteiger partial charge in [-0.3, -0.25) is 9.79 Å². The number of ether oxygens (including phenoxy) is 2. The Hall–Kier alpha value is -1.71. The zero-order valence-corrected chi connectivity index (χ0v) is 19.4. The zero-order valence-electron chi connectivity index (χ0n) is 17.0. The Bertz CT molecular complexity index is 634. The SMILES string of the molecule is CCOc1cc(NC(=NC)NCCNC(=O)CC2CCCC2)ccc1OC.I. The highest BCUT2D eigenvalue weighted by Crippen LogP contribution is 2.30. The molecule has 1 amide bonds. The van der Waals surface area contributed by atoms with Crippen LogP contribution in [0.4, 0.5) is 5.69 Å². The van der Waals surface area contributed by atoms with Crippen LogP contribution in [0.1, 0.15) is 39.0 Å². The quantitative estimate of drug-likeness (QED) is 0.208. The maximum atomic E-state index is 12.0. The van der Waals surface area contributed by atoms with Gasteiger partial charge in [0.05, 0.1) is 13.7 Å². The van der Waals surface area contributed by atoms with Gasteiger partial charge in [0.15, 0.2) is 17.5 Å². The number of carbonyl (C=O) groups is 1. The molecule has 0 radical (unpaired) electrons. The van der Waals surface area contributed by atoms with Gasteiger partial charge in [-0.05, 0) is 37.8 Å². The monoisotopic (exact) mass is 504 g/mol. The van der Waals surface area contributed by atoms with Crippen molar-refractivity contribution in [3.8, 4) is 11.5 Å². The molecule has 7 nitrogen and oxygen atoms in total. The molecule has 0 aliphatic heterocycles. The maximum absolute atomic E-state index is 12.0. The van der Waals surface area contributed by atoms with Gasteiger partial charge in [-0.25, -0.2) is 0 Å². The van der Waals surface area contributed by atoms with E-state index in [1.807, 2.05) is 25.1 Å². The first-order valence-corrected chi connectivity index (χ1v) is 9.71. The summed E-state index contributed by atoms with van der Waals surface area (Å²) in [6, 6.07) is 5.63. The van der Waals surface area contributed by atoms with Crippen LogP contribution in [0.2, 0.25) is 0 Å². The van der Waals surface area contributed by atoms with Crippen LogP contribution in [0, 0.1) is 5.92 Å². The fourth-order valence-electron chi connectivity index (χ4n) is 3.27. The molecular weight excluding hydrogens is 471 g/mol. The molecule has 2 rings (SSSR count). The molecule has 28 heavy (non-hydrogen) atoms. The topological polar surface area (TPSA) is 84.0 Å². The van der Waals surface area contributed by atoms with E-state index in [2.05, 4.69) is 20.9 Å². The van der Waals surface area contributed by atoms with Crippen LogP contribution in [0.3, 0.4) is 0 Å². The van der Waals surface area contributed by atoms with E-state index in [0.29, 0.717) is 49.5 Å². The van der Waals surface area contributed by atoms with Gasteiger partial charge in [-0.15, -0.1) is 24.0 Å². The second-order valence-electron chi connectivity index (χ2n) is 6.63. The highest BCUT2D eigenvalue weighted by Gasteiger charge is 2.17. The van der Waals surface area contributed by atoms with Crippen molar-refractivity contribution >= 4 is 41.5 Å². The number of benzene rings is 1. The fourth-order valence-corrected chi connectivity index (χ4v) is 3.27. The number of carbonyl (C=O) groups excluding carboxylic acids is 1. The smallest absolute Gasteiger partial charge is 0.220 e. The number of rotatable bonds is 9. The van der Waals surface area contributed by atoms with Gasteiger partial charge in [0.1, 0.15) is 0 Å². The molecule has 1 aromatic carbocycles. The molecule has 1 aromatic rings. The minimum absolute atomic E-state index is 0. The summed E-state index contributed by atoms with van der Waals surface area (Å²) in [6.45, 7) is 3.66. The molecule has 1 saturated carbocycles. The Morgan fingerprint density at radius 2 is 1.89 bits per heavy atom. The van der Waals surface area contributed by atoms with Crippen molar-refractivity contribution in [2.75, 3.05) is 39.2 Å². The molecule has 0 spiro atoms. The second kappa shape index (κ2) is 13.5. The first-order valence-electron chi connectivity index (χ1n) is 9.71. The van der Waals surface area contributed by atoms with Crippen LogP contribution in [-0.4, -0.2) is 45.7 Å². The van der Waals surface area contributed by atoms with Crippen LogP contribution >= 0.6 is 24.0 Å². The molecule has 1 aliphatic carbocycles. The molecule has 0 aromatic heterocycles. The van der Waals surface area contributed by atoms with E-state index in [9.17, 15) is 4.79 Å². The van der Waals surface area contributed by atoms with Crippen LogP contribution < -0.4 is 25.4 Å². The van der Waals surface area contributed by atoms with Crippen LogP contribution in [0.15, 0.2) is 23.2 Å². The number of amides is 1. The van der Waals surface area contributed by atoms with Crippen molar-refractivity contribution in [2.45, 2.75) is 39.0 Å². The third-order valence-electron chi connectivity index (χ3n) is 4.64. The molecule has 1 aliphatic rings. The normalized spacial score (nSPS) is 14.2. The van der Waals surface area contributed by atoms with E-state index in [1.54, 1.807) is 14.2 Å². The van der Waals surface area contributed by atoms with Crippen LogP contribution in [0.25, 0.3) is 0 Å². The summed E-state index contributed by atoms with van der Waals surface area (Å²) in [5.74, 6) is 2.72. The summed E-state index contributed by atoms with van der Waals surface area (Å²) in [7, 11) is 3.33.